The number of carbonyl (C=O) groups excluding carboxylic acids is 2. The predicted molar refractivity (Wildman–Crippen MR) is 135 cm³/mol. The summed E-state index contributed by atoms with van der Waals surface area (Å²) in [7, 11) is 2.09. The summed E-state index contributed by atoms with van der Waals surface area (Å²) in [6.07, 6.45) is 3.05. The van der Waals surface area contributed by atoms with Crippen LogP contribution in [-0.2, 0) is 16.0 Å². The number of fused-ring (bicyclic) bond motifs is 2. The molecule has 36 heavy (non-hydrogen) atoms. The van der Waals surface area contributed by atoms with Gasteiger partial charge in [-0.1, -0.05) is 6.07 Å². The minimum atomic E-state index is -0.899. The average Bonchev–Trinajstić information content (AvgIpc) is 3.36. The number of likely N-dealkylation sites (N-methyl/N-ethyl adjacent to an activating group) is 1. The van der Waals surface area contributed by atoms with E-state index in [1.165, 1.54) is 6.07 Å². The first-order chi connectivity index (χ1) is 17.1. The van der Waals surface area contributed by atoms with E-state index in [0.29, 0.717) is 5.56 Å². The summed E-state index contributed by atoms with van der Waals surface area (Å²) in [4.78, 5) is 32.1. The summed E-state index contributed by atoms with van der Waals surface area (Å²) < 4.78 is 20.6. The highest BCUT2D eigenvalue weighted by atomic mass is 19.1. The first-order valence-corrected chi connectivity index (χ1v) is 13.0. The monoisotopic (exact) mass is 499 g/mol. The molecule has 2 heterocycles. The van der Waals surface area contributed by atoms with Crippen LogP contribution in [0.5, 0.6) is 0 Å². The van der Waals surface area contributed by atoms with Gasteiger partial charge in [0.25, 0.3) is 0 Å². The van der Waals surface area contributed by atoms with Crippen LogP contribution in [0.1, 0.15) is 52.0 Å². The fourth-order valence-electron chi connectivity index (χ4n) is 5.71. The molecule has 1 aromatic rings. The minimum Gasteiger partial charge on any atom is -0.444 e. The number of carbonyl (C=O) groups is 2. The number of ether oxygens (including phenoxy) is 1. The fraction of sp³-hybridized carbons (Fsp3) is 0.667. The molecule has 4 rings (SSSR count). The molecule has 2 saturated heterocycles. The maximum Gasteiger partial charge on any atom is 0.411 e. The lowest BCUT2D eigenvalue weighted by Crippen LogP contribution is -2.55. The molecule has 196 valence electrons. The number of nitrogens with zero attached hydrogens (tertiary/aromatic N) is 4. The van der Waals surface area contributed by atoms with Gasteiger partial charge in [0.05, 0.1) is 6.07 Å². The van der Waals surface area contributed by atoms with E-state index in [1.54, 1.807) is 31.7 Å². The second-order valence-corrected chi connectivity index (χ2v) is 11.4. The van der Waals surface area contributed by atoms with Crippen molar-refractivity contribution in [1.82, 2.24) is 15.1 Å². The molecule has 9 heteroatoms. The molecule has 3 aliphatic rings. The molecule has 2 amide bonds. The predicted octanol–water partition coefficient (Wildman–Crippen LogP) is 3.31. The zero-order valence-corrected chi connectivity index (χ0v) is 21.8. The summed E-state index contributed by atoms with van der Waals surface area (Å²) >= 11 is 0. The van der Waals surface area contributed by atoms with Gasteiger partial charge in [0.15, 0.2) is 0 Å². The SMILES string of the molecule is CN1CCCN(c2ccc(C[C@@H](C#N)NC(=O)[C@@H]3[C@H]4CC[C@H](C4)N3C(=O)OC(C)(C)C)c(F)c2)CC1. The molecule has 1 N–H and O–H groups in total. The van der Waals surface area contributed by atoms with E-state index >= 15 is 4.39 Å². The fourth-order valence-corrected chi connectivity index (χ4v) is 5.71. The molecular weight excluding hydrogens is 461 g/mol. The van der Waals surface area contributed by atoms with Crippen LogP contribution >= 0.6 is 0 Å². The first-order valence-electron chi connectivity index (χ1n) is 13.0. The Balaban J connectivity index is 1.41. The highest BCUT2D eigenvalue weighted by molar-refractivity contribution is 5.87. The number of nitriles is 1. The Morgan fingerprint density at radius 2 is 2.00 bits per heavy atom. The molecule has 0 radical (unpaired) electrons. The lowest BCUT2D eigenvalue weighted by atomic mass is 9.97. The Hall–Kier alpha value is -2.86. The number of benzene rings is 1. The van der Waals surface area contributed by atoms with Gasteiger partial charge in [-0.15, -0.1) is 0 Å². The normalized spacial score (nSPS) is 25.3. The third kappa shape index (κ3) is 5.92. The van der Waals surface area contributed by atoms with E-state index in [2.05, 4.69) is 28.2 Å². The number of nitrogens with one attached hydrogen (secondary N) is 1. The molecule has 2 bridgehead atoms. The van der Waals surface area contributed by atoms with Gasteiger partial charge in [0.1, 0.15) is 23.5 Å². The number of likely N-dealkylation sites (tertiary alicyclic amines) is 1. The highest BCUT2D eigenvalue weighted by Crippen LogP contribution is 2.43. The van der Waals surface area contributed by atoms with E-state index in [9.17, 15) is 14.9 Å². The van der Waals surface area contributed by atoms with Gasteiger partial charge in [-0.25, -0.2) is 9.18 Å². The first kappa shape index (κ1) is 26.2. The Bertz CT molecular complexity index is 1020. The van der Waals surface area contributed by atoms with Crippen molar-refractivity contribution < 1.29 is 18.7 Å². The van der Waals surface area contributed by atoms with Crippen LogP contribution in [0.4, 0.5) is 14.9 Å². The molecule has 1 saturated carbocycles. The molecule has 8 nitrogen and oxygen atoms in total. The van der Waals surface area contributed by atoms with Crippen LogP contribution in [-0.4, -0.2) is 78.8 Å². The van der Waals surface area contributed by atoms with Crippen molar-refractivity contribution in [2.45, 2.75) is 76.6 Å². The molecule has 4 atom stereocenters. The van der Waals surface area contributed by atoms with Gasteiger partial charge in [0.2, 0.25) is 5.91 Å². The standard InChI is InChI=1S/C27H38FN5O3/c1-27(2,3)36-26(35)33-22-9-7-19(15-22)24(33)25(34)30-20(17-29)14-18-6-8-21(16-23(18)28)32-11-5-10-31(4)12-13-32/h6,8,16,19-20,22,24H,5,7,9-15H2,1-4H3,(H,30,34)/t19-,20-,22+,24-/m0/s1. The third-order valence-corrected chi connectivity index (χ3v) is 7.48. The van der Waals surface area contributed by atoms with Gasteiger partial charge in [-0.05, 0) is 83.7 Å². The largest absolute Gasteiger partial charge is 0.444 e. The molecule has 1 aromatic carbocycles. The van der Waals surface area contributed by atoms with Crippen molar-refractivity contribution in [3.05, 3.63) is 29.6 Å². The Morgan fingerprint density at radius 3 is 2.69 bits per heavy atom. The number of amides is 2. The lowest BCUT2D eigenvalue weighted by Gasteiger charge is -2.35. The van der Waals surface area contributed by atoms with Crippen molar-refractivity contribution in [1.29, 1.82) is 5.26 Å². The second-order valence-electron chi connectivity index (χ2n) is 11.4. The molecule has 3 fully saturated rings. The van der Waals surface area contributed by atoms with Gasteiger partial charge in [-0.2, -0.15) is 5.26 Å². The Labute approximate surface area is 213 Å². The van der Waals surface area contributed by atoms with Crippen LogP contribution in [0.2, 0.25) is 0 Å². The number of hydrogen-bond donors (Lipinski definition) is 1. The summed E-state index contributed by atoms with van der Waals surface area (Å²) in [5, 5.41) is 12.5. The summed E-state index contributed by atoms with van der Waals surface area (Å²) in [5.74, 6) is -0.703. The smallest absolute Gasteiger partial charge is 0.411 e. The van der Waals surface area contributed by atoms with E-state index in [4.69, 9.17) is 4.74 Å². The topological polar surface area (TPSA) is 88.9 Å². The van der Waals surface area contributed by atoms with E-state index in [-0.39, 0.29) is 30.1 Å². The lowest BCUT2D eigenvalue weighted by molar-refractivity contribution is -0.128. The second kappa shape index (κ2) is 10.6. The Morgan fingerprint density at radius 1 is 1.22 bits per heavy atom. The molecule has 0 aromatic heterocycles. The molecule has 1 aliphatic carbocycles. The maximum absolute atomic E-state index is 15.0. The van der Waals surface area contributed by atoms with Crippen molar-refractivity contribution in [3.63, 3.8) is 0 Å². The summed E-state index contributed by atoms with van der Waals surface area (Å²) in [5.41, 5.74) is 0.552. The van der Waals surface area contributed by atoms with Crippen molar-refractivity contribution in [2.24, 2.45) is 5.92 Å². The van der Waals surface area contributed by atoms with Crippen LogP contribution in [0.3, 0.4) is 0 Å². The number of piperidine rings is 1. The van der Waals surface area contributed by atoms with Crippen LogP contribution in [0.15, 0.2) is 18.2 Å². The van der Waals surface area contributed by atoms with Crippen LogP contribution in [0, 0.1) is 23.1 Å². The van der Waals surface area contributed by atoms with E-state index in [0.717, 1.165) is 57.5 Å². The van der Waals surface area contributed by atoms with Gasteiger partial charge < -0.3 is 19.9 Å². The summed E-state index contributed by atoms with van der Waals surface area (Å²) in [6.45, 7) is 9.05. The molecule has 2 aliphatic heterocycles. The molecular formula is C27H38FN5O3. The third-order valence-electron chi connectivity index (χ3n) is 7.48. The van der Waals surface area contributed by atoms with E-state index < -0.39 is 23.8 Å². The summed E-state index contributed by atoms with van der Waals surface area (Å²) in [6, 6.07) is 5.64. The van der Waals surface area contributed by atoms with Gasteiger partial charge >= 0.3 is 6.09 Å². The van der Waals surface area contributed by atoms with Crippen molar-refractivity contribution in [3.8, 4) is 6.07 Å². The zero-order valence-electron chi connectivity index (χ0n) is 21.8. The Kier molecular flexibility index (Phi) is 7.74. The van der Waals surface area contributed by atoms with Gasteiger partial charge in [0, 0.05) is 37.8 Å². The average molecular weight is 500 g/mol. The van der Waals surface area contributed by atoms with Crippen LogP contribution in [0.25, 0.3) is 0 Å². The van der Waals surface area contributed by atoms with Gasteiger partial charge in [-0.3, -0.25) is 9.69 Å². The molecule has 0 spiro atoms. The number of hydrogen-bond acceptors (Lipinski definition) is 6. The van der Waals surface area contributed by atoms with Crippen molar-refractivity contribution in [2.75, 3.05) is 38.1 Å². The minimum absolute atomic E-state index is 0.0232. The highest BCUT2D eigenvalue weighted by Gasteiger charge is 2.52. The molecule has 0 unspecified atom stereocenters. The maximum atomic E-state index is 15.0. The van der Waals surface area contributed by atoms with Crippen LogP contribution < -0.4 is 10.2 Å². The van der Waals surface area contributed by atoms with Crippen molar-refractivity contribution >= 4 is 17.7 Å². The zero-order chi connectivity index (χ0) is 26.0. The number of anilines is 1. The van der Waals surface area contributed by atoms with E-state index in [1.807, 2.05) is 6.07 Å². The number of rotatable bonds is 5. The number of halogens is 1. The quantitative estimate of drug-likeness (QED) is 0.669.